The molecule has 0 aromatic heterocycles. The van der Waals surface area contributed by atoms with Crippen LogP contribution < -0.4 is 10.1 Å². The highest BCUT2D eigenvalue weighted by Gasteiger charge is 2.28. The zero-order chi connectivity index (χ0) is 13.2. The molecule has 0 saturated heterocycles. The molecule has 1 aliphatic carbocycles. The van der Waals surface area contributed by atoms with Gasteiger partial charge in [-0.2, -0.15) is 11.8 Å². The van der Waals surface area contributed by atoms with Gasteiger partial charge >= 0.3 is 0 Å². The molecule has 1 aromatic rings. The Balaban J connectivity index is 1.61. The number of hydrogen-bond donors (Lipinski definition) is 2. The van der Waals surface area contributed by atoms with Crippen molar-refractivity contribution in [1.82, 2.24) is 5.32 Å². The number of benzene rings is 1. The minimum absolute atomic E-state index is 0.278. The van der Waals surface area contributed by atoms with Crippen LogP contribution in [0.4, 0.5) is 0 Å². The van der Waals surface area contributed by atoms with Gasteiger partial charge in [-0.3, -0.25) is 0 Å². The fourth-order valence-corrected chi connectivity index (χ4v) is 3.83. The van der Waals surface area contributed by atoms with Gasteiger partial charge in [-0.1, -0.05) is 0 Å². The third-order valence-corrected chi connectivity index (χ3v) is 5.36. The van der Waals surface area contributed by atoms with E-state index in [0.29, 0.717) is 12.6 Å². The van der Waals surface area contributed by atoms with Gasteiger partial charge in [0.15, 0.2) is 0 Å². The molecule has 0 spiro atoms. The van der Waals surface area contributed by atoms with Crippen LogP contribution in [-0.2, 0) is 0 Å². The van der Waals surface area contributed by atoms with Gasteiger partial charge < -0.3 is 15.2 Å². The summed E-state index contributed by atoms with van der Waals surface area (Å²) in [6.45, 7) is 0.682. The van der Waals surface area contributed by atoms with E-state index in [2.05, 4.69) is 11.6 Å². The molecular weight excluding hydrogens is 258 g/mol. The minimum Gasteiger partial charge on any atom is -0.508 e. The van der Waals surface area contributed by atoms with Crippen LogP contribution in [0.2, 0.25) is 0 Å². The number of ether oxygens (including phenoxy) is 1. The molecule has 0 amide bonds. The van der Waals surface area contributed by atoms with E-state index in [-0.39, 0.29) is 11.8 Å². The third-order valence-electron chi connectivity index (χ3n) is 4.22. The molecule has 3 nitrogen and oxygen atoms in total. The smallest absolute Gasteiger partial charge is 0.127 e. The average molecular weight is 279 g/mol. The second-order valence-corrected chi connectivity index (χ2v) is 6.60. The second kappa shape index (κ2) is 5.63. The average Bonchev–Trinajstić information content (AvgIpc) is 2.82. The molecule has 19 heavy (non-hydrogen) atoms. The summed E-state index contributed by atoms with van der Waals surface area (Å²) in [6, 6.07) is 6.32. The van der Waals surface area contributed by atoms with Crippen molar-refractivity contribution in [3.8, 4) is 11.5 Å². The molecule has 1 unspecified atom stereocenters. The van der Waals surface area contributed by atoms with Gasteiger partial charge in [-0.25, -0.2) is 0 Å². The summed E-state index contributed by atoms with van der Waals surface area (Å²) < 4.78 is 5.65. The Morgan fingerprint density at radius 3 is 2.79 bits per heavy atom. The number of hydrogen-bond acceptors (Lipinski definition) is 4. The van der Waals surface area contributed by atoms with Crippen molar-refractivity contribution >= 4 is 11.8 Å². The highest BCUT2D eigenvalue weighted by molar-refractivity contribution is 7.99. The molecule has 1 heterocycles. The quantitative estimate of drug-likeness (QED) is 0.892. The summed E-state index contributed by atoms with van der Waals surface area (Å²) >= 11 is 2.00. The topological polar surface area (TPSA) is 41.5 Å². The maximum atomic E-state index is 9.46. The second-order valence-electron chi connectivity index (χ2n) is 5.46. The zero-order valence-electron chi connectivity index (χ0n) is 11.3. The number of aromatic hydroxyl groups is 1. The highest BCUT2D eigenvalue weighted by Crippen LogP contribution is 2.36. The van der Waals surface area contributed by atoms with Crippen molar-refractivity contribution in [2.24, 2.45) is 0 Å². The lowest BCUT2D eigenvalue weighted by atomic mass is 9.93. The number of nitrogens with one attached hydrogen (secondary N) is 1. The molecule has 0 bridgehead atoms. The molecule has 4 heteroatoms. The molecule has 2 aliphatic rings. The number of rotatable bonds is 3. The first-order valence-electron chi connectivity index (χ1n) is 7.01. The Labute approximate surface area is 118 Å². The number of thioether (sulfide) groups is 1. The Morgan fingerprint density at radius 2 is 2.05 bits per heavy atom. The van der Waals surface area contributed by atoms with Crippen LogP contribution in [0.25, 0.3) is 0 Å². The zero-order valence-corrected chi connectivity index (χ0v) is 12.1. The van der Waals surface area contributed by atoms with Gasteiger partial charge in [0, 0.05) is 22.9 Å². The van der Waals surface area contributed by atoms with Crippen molar-refractivity contribution in [3.63, 3.8) is 0 Å². The first-order valence-corrected chi connectivity index (χ1v) is 8.29. The Morgan fingerprint density at radius 1 is 1.26 bits per heavy atom. The highest BCUT2D eigenvalue weighted by atomic mass is 32.2. The van der Waals surface area contributed by atoms with Crippen molar-refractivity contribution in [1.29, 1.82) is 0 Å². The van der Waals surface area contributed by atoms with Gasteiger partial charge in [0.05, 0.1) is 6.04 Å². The Kier molecular flexibility index (Phi) is 3.89. The SMILES string of the molecule is CSC1CCC(NC2COc3cc(O)ccc32)CC1. The maximum absolute atomic E-state index is 9.46. The number of fused-ring (bicyclic) bond motifs is 1. The maximum Gasteiger partial charge on any atom is 0.127 e. The molecule has 104 valence electrons. The van der Waals surface area contributed by atoms with E-state index in [1.807, 2.05) is 17.8 Å². The fraction of sp³-hybridized carbons (Fsp3) is 0.600. The van der Waals surface area contributed by atoms with Gasteiger partial charge in [-0.05, 0) is 44.1 Å². The number of phenols is 1. The van der Waals surface area contributed by atoms with Crippen molar-refractivity contribution in [2.45, 2.75) is 43.0 Å². The summed E-state index contributed by atoms with van der Waals surface area (Å²) in [4.78, 5) is 0. The van der Waals surface area contributed by atoms with Crippen molar-refractivity contribution in [3.05, 3.63) is 23.8 Å². The molecule has 1 aromatic carbocycles. The lowest BCUT2D eigenvalue weighted by Crippen LogP contribution is -2.37. The predicted molar refractivity (Wildman–Crippen MR) is 79.0 cm³/mol. The van der Waals surface area contributed by atoms with Crippen LogP contribution in [0.1, 0.15) is 37.3 Å². The van der Waals surface area contributed by atoms with E-state index < -0.39 is 0 Å². The van der Waals surface area contributed by atoms with Crippen LogP contribution in [0.15, 0.2) is 18.2 Å². The monoisotopic (exact) mass is 279 g/mol. The van der Waals surface area contributed by atoms with Crippen LogP contribution >= 0.6 is 11.8 Å². The van der Waals surface area contributed by atoms with E-state index in [0.717, 1.165) is 11.0 Å². The predicted octanol–water partition coefficient (Wildman–Crippen LogP) is 3.09. The normalized spacial score (nSPS) is 29.8. The van der Waals surface area contributed by atoms with Gasteiger partial charge in [0.1, 0.15) is 18.1 Å². The first kappa shape index (κ1) is 13.1. The standard InChI is InChI=1S/C15H21NO2S/c1-19-12-5-2-10(3-6-12)16-14-9-18-15-8-11(17)4-7-13(14)15/h4,7-8,10,12,14,16-17H,2-3,5-6,9H2,1H3. The third kappa shape index (κ3) is 2.84. The summed E-state index contributed by atoms with van der Waals surface area (Å²) in [5.74, 6) is 1.11. The summed E-state index contributed by atoms with van der Waals surface area (Å²) in [7, 11) is 0. The van der Waals surface area contributed by atoms with Crippen LogP contribution in [0.3, 0.4) is 0 Å². The van der Waals surface area contributed by atoms with Gasteiger partial charge in [0.25, 0.3) is 0 Å². The molecule has 3 rings (SSSR count). The van der Waals surface area contributed by atoms with E-state index >= 15 is 0 Å². The Hall–Kier alpha value is -0.870. The molecule has 1 fully saturated rings. The van der Waals surface area contributed by atoms with E-state index in [1.165, 1.54) is 31.2 Å². The largest absolute Gasteiger partial charge is 0.508 e. The fourth-order valence-electron chi connectivity index (χ4n) is 3.09. The number of phenolic OH excluding ortho intramolecular Hbond substituents is 1. The first-order chi connectivity index (χ1) is 9.26. The minimum atomic E-state index is 0.278. The van der Waals surface area contributed by atoms with E-state index in [1.54, 1.807) is 12.1 Å². The van der Waals surface area contributed by atoms with Gasteiger partial charge in [-0.15, -0.1) is 0 Å². The molecule has 1 atom stereocenters. The van der Waals surface area contributed by atoms with Crippen LogP contribution in [-0.4, -0.2) is 29.3 Å². The molecule has 2 N–H and O–H groups in total. The van der Waals surface area contributed by atoms with Crippen LogP contribution in [0.5, 0.6) is 11.5 Å². The molecular formula is C15H21NO2S. The van der Waals surface area contributed by atoms with Crippen LogP contribution in [0, 0.1) is 0 Å². The van der Waals surface area contributed by atoms with E-state index in [4.69, 9.17) is 4.74 Å². The lowest BCUT2D eigenvalue weighted by molar-refractivity contribution is 0.276. The van der Waals surface area contributed by atoms with Crippen molar-refractivity contribution < 1.29 is 9.84 Å². The summed E-state index contributed by atoms with van der Waals surface area (Å²) in [5, 5.41) is 14.0. The Bertz CT molecular complexity index is 444. The van der Waals surface area contributed by atoms with Gasteiger partial charge in [0.2, 0.25) is 0 Å². The summed E-state index contributed by atoms with van der Waals surface area (Å²) in [6.07, 6.45) is 7.36. The van der Waals surface area contributed by atoms with Crippen molar-refractivity contribution in [2.75, 3.05) is 12.9 Å². The molecule has 1 saturated carbocycles. The molecule has 1 aliphatic heterocycles. The molecule has 0 radical (unpaired) electrons. The lowest BCUT2D eigenvalue weighted by Gasteiger charge is -2.30. The van der Waals surface area contributed by atoms with E-state index in [9.17, 15) is 5.11 Å². The summed E-state index contributed by atoms with van der Waals surface area (Å²) in [5.41, 5.74) is 1.18.